The summed E-state index contributed by atoms with van der Waals surface area (Å²) < 4.78 is 44.2. The van der Waals surface area contributed by atoms with Gasteiger partial charge in [-0.15, -0.1) is 0 Å². The normalized spacial score (nSPS) is 12.7. The number of phosphoric acid groups is 1. The van der Waals surface area contributed by atoms with E-state index in [2.05, 4.69) is 39.4 Å². The summed E-state index contributed by atoms with van der Waals surface area (Å²) in [6.45, 7) is 3.72. The van der Waals surface area contributed by atoms with E-state index in [1.807, 2.05) is 0 Å². The molecular weight excluding hydrogens is 936 g/mol. The molecule has 0 aromatic carbocycles. The summed E-state index contributed by atoms with van der Waals surface area (Å²) in [5.41, 5.74) is 0. The molecule has 0 aliphatic rings. The fourth-order valence-electron chi connectivity index (χ4n) is 7.42. The lowest BCUT2D eigenvalue weighted by Crippen LogP contribution is -2.30. The number of nitrogens with zero attached hydrogens (tertiary/aromatic N) is 3. The fourth-order valence-corrected chi connectivity index (χ4v) is 8.53. The Morgan fingerprint density at radius 1 is 0.529 bits per heavy atom. The van der Waals surface area contributed by atoms with Gasteiger partial charge in [-0.3, -0.25) is 18.6 Å². The molecule has 0 saturated carbocycles. The number of hydrogen-bond acceptors (Lipinski definition) is 14. The number of carbonyl (C=O) groups is 3. The minimum atomic E-state index is -4.64. The van der Waals surface area contributed by atoms with E-state index in [-0.39, 0.29) is 68.9 Å². The molecule has 1 aromatic rings. The van der Waals surface area contributed by atoms with Gasteiger partial charge in [0.2, 0.25) is 16.5 Å². The van der Waals surface area contributed by atoms with Crippen LogP contribution >= 0.6 is 31.0 Å². The Hall–Kier alpha value is -2.33. The number of esters is 2. The maximum absolute atomic E-state index is 12.8. The molecule has 0 fully saturated rings. The second kappa shape index (κ2) is 45.8. The van der Waals surface area contributed by atoms with E-state index < -0.39 is 38.6 Å². The van der Waals surface area contributed by atoms with Gasteiger partial charge in [0.05, 0.1) is 26.4 Å². The van der Waals surface area contributed by atoms with Crippen molar-refractivity contribution in [2.24, 2.45) is 0 Å². The predicted octanol–water partition coefficient (Wildman–Crippen LogP) is 13.4. The van der Waals surface area contributed by atoms with Crippen molar-refractivity contribution in [1.29, 1.82) is 0 Å². The maximum Gasteiger partial charge on any atom is 0.472 e. The Morgan fingerprint density at radius 3 is 1.44 bits per heavy atom. The first-order valence-electron chi connectivity index (χ1n) is 26.3. The average Bonchev–Trinajstić information content (AvgIpc) is 3.30. The summed E-state index contributed by atoms with van der Waals surface area (Å²) in [6.07, 6.45) is 35.0. The van der Waals surface area contributed by atoms with Crippen LogP contribution in [0.25, 0.3) is 0 Å². The highest BCUT2D eigenvalue weighted by atomic mass is 35.5. The molecule has 16 nitrogen and oxygen atoms in total. The van der Waals surface area contributed by atoms with Crippen molar-refractivity contribution in [2.45, 2.75) is 225 Å². The van der Waals surface area contributed by atoms with Crippen molar-refractivity contribution in [1.82, 2.24) is 20.3 Å². The number of amides is 1. The molecule has 68 heavy (non-hydrogen) atoms. The van der Waals surface area contributed by atoms with Gasteiger partial charge in [-0.1, -0.05) is 194 Å². The molecule has 2 atom stereocenters. The van der Waals surface area contributed by atoms with Gasteiger partial charge in [0.25, 0.3) is 0 Å². The molecule has 0 radical (unpaired) electrons. The zero-order valence-electron chi connectivity index (χ0n) is 41.9. The first-order chi connectivity index (χ1) is 33.0. The largest absolute Gasteiger partial charge is 0.472 e. The van der Waals surface area contributed by atoms with Crippen LogP contribution < -0.4 is 10.6 Å². The Balaban J connectivity index is 2.35. The minimum absolute atomic E-state index is 0.0467. The summed E-state index contributed by atoms with van der Waals surface area (Å²) in [4.78, 5) is 59.2. The number of nitrogens with one attached hydrogen (secondary N) is 2. The van der Waals surface area contributed by atoms with Crippen LogP contribution in [0.3, 0.4) is 0 Å². The first kappa shape index (κ1) is 63.7. The smallest absolute Gasteiger partial charge is 0.462 e. The number of anilines is 1. The van der Waals surface area contributed by atoms with E-state index in [0.29, 0.717) is 19.4 Å². The monoisotopic (exact) mass is 1030 g/mol. The van der Waals surface area contributed by atoms with Gasteiger partial charge in [0.15, 0.2) is 6.10 Å². The van der Waals surface area contributed by atoms with Crippen LogP contribution in [0.4, 0.5) is 10.7 Å². The molecular formula is C49H90Cl2N5O11P. The molecule has 0 aliphatic carbocycles. The highest BCUT2D eigenvalue weighted by Crippen LogP contribution is 2.43. The molecule has 0 aliphatic heterocycles. The number of ether oxygens (including phenoxy) is 4. The van der Waals surface area contributed by atoms with Crippen LogP contribution in [0.5, 0.6) is 0 Å². The van der Waals surface area contributed by atoms with E-state index in [1.165, 1.54) is 141 Å². The van der Waals surface area contributed by atoms with Crippen LogP contribution in [0, 0.1) is 0 Å². The number of hydrogen-bond donors (Lipinski definition) is 3. The molecule has 1 rings (SSSR count). The first-order valence-corrected chi connectivity index (χ1v) is 28.6. The molecule has 396 valence electrons. The molecule has 1 amide bonds. The van der Waals surface area contributed by atoms with E-state index in [0.717, 1.165) is 38.5 Å². The van der Waals surface area contributed by atoms with Crippen LogP contribution in [0.1, 0.15) is 219 Å². The number of halogens is 2. The molecule has 1 aromatic heterocycles. The van der Waals surface area contributed by atoms with Gasteiger partial charge in [0.1, 0.15) is 13.2 Å². The lowest BCUT2D eigenvalue weighted by molar-refractivity contribution is -0.161. The van der Waals surface area contributed by atoms with Crippen LogP contribution in [-0.2, 0) is 42.1 Å². The van der Waals surface area contributed by atoms with E-state index in [9.17, 15) is 23.8 Å². The van der Waals surface area contributed by atoms with Gasteiger partial charge in [-0.25, -0.2) is 9.36 Å². The summed E-state index contributed by atoms with van der Waals surface area (Å²) in [6, 6.07) is 0. The zero-order valence-corrected chi connectivity index (χ0v) is 44.3. The second-order valence-electron chi connectivity index (χ2n) is 17.6. The van der Waals surface area contributed by atoms with Crippen molar-refractivity contribution >= 4 is 55.0 Å². The molecule has 1 heterocycles. The van der Waals surface area contributed by atoms with Crippen molar-refractivity contribution in [2.75, 3.05) is 58.0 Å². The number of rotatable bonds is 49. The lowest BCUT2D eigenvalue weighted by Gasteiger charge is -2.20. The Kier molecular flexibility index (Phi) is 42.9. The highest BCUT2D eigenvalue weighted by Gasteiger charge is 2.26. The van der Waals surface area contributed by atoms with Crippen molar-refractivity contribution < 1.29 is 51.8 Å². The Morgan fingerprint density at radius 2 is 0.971 bits per heavy atom. The second-order valence-corrected chi connectivity index (χ2v) is 19.7. The third kappa shape index (κ3) is 42.5. The van der Waals surface area contributed by atoms with Crippen LogP contribution in [0.15, 0.2) is 0 Å². The van der Waals surface area contributed by atoms with Gasteiger partial charge >= 0.3 is 25.9 Å². The zero-order chi connectivity index (χ0) is 49.6. The van der Waals surface area contributed by atoms with Gasteiger partial charge < -0.3 is 34.5 Å². The maximum atomic E-state index is 12.8. The lowest BCUT2D eigenvalue weighted by atomic mass is 10.0. The van der Waals surface area contributed by atoms with Crippen LogP contribution in [-0.4, -0.2) is 96.7 Å². The van der Waals surface area contributed by atoms with Crippen molar-refractivity contribution in [3.05, 3.63) is 10.6 Å². The SMILES string of the molecule is CCCCCCCCCCCCCCCCCC(=O)OCC(COP(=O)(O)OCCNC(=O)OCCOCCNc1nc(Cl)nc(Cl)n1)OC(=O)CCCCCCCCCCCCCCCCC. The standard InChI is InChI=1S/C49H90Cl2N5O11P/c1-3-5-7-9-11-13-15-17-19-21-23-25-27-29-31-33-44(57)64-41-43(67-45(58)34-32-30-28-26-24-22-20-18-16-14-12-10-8-6-4-2)42-66-68(60,61)65-38-36-53-49(59)63-40-39-62-37-35-52-48-55-46(50)54-47(51)56-48/h43H,3-42H2,1-2H3,(H,53,59)(H,60,61)(H,52,54,55,56). The van der Waals surface area contributed by atoms with Gasteiger partial charge in [-0.2, -0.15) is 15.0 Å². The van der Waals surface area contributed by atoms with Crippen LogP contribution in [0.2, 0.25) is 10.6 Å². The third-order valence-electron chi connectivity index (χ3n) is 11.3. The molecule has 19 heteroatoms. The van der Waals surface area contributed by atoms with Gasteiger partial charge in [0, 0.05) is 25.9 Å². The average molecular weight is 1030 g/mol. The summed E-state index contributed by atoms with van der Waals surface area (Å²) in [5.74, 6) is -0.735. The highest BCUT2D eigenvalue weighted by molar-refractivity contribution is 7.47. The van der Waals surface area contributed by atoms with Crippen molar-refractivity contribution in [3.63, 3.8) is 0 Å². The fraction of sp³-hybridized carbons (Fsp3) is 0.878. The minimum Gasteiger partial charge on any atom is -0.462 e. The molecule has 3 N–H and O–H groups in total. The summed E-state index contributed by atoms with van der Waals surface area (Å²) >= 11 is 11.5. The third-order valence-corrected chi connectivity index (χ3v) is 12.6. The summed E-state index contributed by atoms with van der Waals surface area (Å²) in [7, 11) is -4.64. The van der Waals surface area contributed by atoms with Crippen molar-refractivity contribution in [3.8, 4) is 0 Å². The number of alkyl carbamates (subject to hydrolysis) is 1. The topological polar surface area (TPSA) is 207 Å². The number of carbonyl (C=O) groups excluding carboxylic acids is 3. The van der Waals surface area contributed by atoms with Gasteiger partial charge in [-0.05, 0) is 36.0 Å². The number of phosphoric ester groups is 1. The summed E-state index contributed by atoms with van der Waals surface area (Å²) in [5, 5.41) is 5.17. The molecule has 2 unspecified atom stereocenters. The Bertz CT molecular complexity index is 1420. The molecule has 0 spiro atoms. The number of aromatic nitrogens is 3. The number of unbranched alkanes of at least 4 members (excludes halogenated alkanes) is 28. The van der Waals surface area contributed by atoms with E-state index in [1.54, 1.807) is 0 Å². The molecule has 0 saturated heterocycles. The molecule has 0 bridgehead atoms. The van der Waals surface area contributed by atoms with E-state index >= 15 is 0 Å². The van der Waals surface area contributed by atoms with E-state index in [4.69, 9.17) is 51.2 Å². The Labute approximate surface area is 419 Å². The predicted molar refractivity (Wildman–Crippen MR) is 270 cm³/mol. The quantitative estimate of drug-likeness (QED) is 0.0240.